The number of anilines is 1. The van der Waals surface area contributed by atoms with Crippen molar-refractivity contribution in [3.8, 4) is 0 Å². The lowest BCUT2D eigenvalue weighted by Gasteiger charge is -2.35. The van der Waals surface area contributed by atoms with Crippen molar-refractivity contribution in [1.29, 1.82) is 0 Å². The minimum atomic E-state index is 0.757. The number of halogens is 1. The van der Waals surface area contributed by atoms with Gasteiger partial charge in [0.05, 0.1) is 18.8 Å². The topological polar surface area (TPSA) is 18.8 Å². The molecule has 0 unspecified atom stereocenters. The molecule has 0 radical (unpaired) electrons. The zero-order valence-electron chi connectivity index (χ0n) is 13.7. The SMILES string of the molecule is CC(=NN1CCN(c2ccc(C)cc2)CC1)c1ccccc1Cl. The lowest BCUT2D eigenvalue weighted by atomic mass is 10.1. The Hall–Kier alpha value is -2.00. The van der Waals surface area contributed by atoms with Gasteiger partial charge in [-0.1, -0.05) is 47.5 Å². The van der Waals surface area contributed by atoms with Crippen LogP contribution in [0.2, 0.25) is 5.02 Å². The summed E-state index contributed by atoms with van der Waals surface area (Å²) in [6, 6.07) is 16.6. The first-order chi connectivity index (χ1) is 11.1. The van der Waals surface area contributed by atoms with Crippen LogP contribution in [0.3, 0.4) is 0 Å². The summed E-state index contributed by atoms with van der Waals surface area (Å²) in [4.78, 5) is 2.41. The van der Waals surface area contributed by atoms with Crippen LogP contribution in [0.15, 0.2) is 53.6 Å². The normalized spacial score (nSPS) is 15.9. The van der Waals surface area contributed by atoms with Gasteiger partial charge >= 0.3 is 0 Å². The lowest BCUT2D eigenvalue weighted by Crippen LogP contribution is -2.44. The summed E-state index contributed by atoms with van der Waals surface area (Å²) in [6.45, 7) is 7.97. The van der Waals surface area contributed by atoms with Crippen molar-refractivity contribution in [1.82, 2.24) is 5.01 Å². The fraction of sp³-hybridized carbons (Fsp3) is 0.316. The predicted octanol–water partition coefficient (Wildman–Crippen LogP) is 4.19. The molecule has 0 aliphatic carbocycles. The van der Waals surface area contributed by atoms with Crippen LogP contribution >= 0.6 is 11.6 Å². The van der Waals surface area contributed by atoms with Crippen molar-refractivity contribution in [3.05, 3.63) is 64.7 Å². The van der Waals surface area contributed by atoms with Gasteiger partial charge in [-0.25, -0.2) is 0 Å². The fourth-order valence-electron chi connectivity index (χ4n) is 2.83. The highest BCUT2D eigenvalue weighted by Gasteiger charge is 2.16. The standard InChI is InChI=1S/C19H22ClN3/c1-15-7-9-17(10-8-15)22-11-13-23(14-12-22)21-16(2)18-5-3-4-6-19(18)20/h3-10H,11-14H2,1-2H3. The summed E-state index contributed by atoms with van der Waals surface area (Å²) in [5.41, 5.74) is 4.57. The molecule has 1 fully saturated rings. The van der Waals surface area contributed by atoms with Crippen molar-refractivity contribution in [2.45, 2.75) is 13.8 Å². The average Bonchev–Trinajstić information content (AvgIpc) is 2.57. The highest BCUT2D eigenvalue weighted by molar-refractivity contribution is 6.34. The molecule has 23 heavy (non-hydrogen) atoms. The van der Waals surface area contributed by atoms with Gasteiger partial charge in [0.25, 0.3) is 0 Å². The van der Waals surface area contributed by atoms with E-state index < -0.39 is 0 Å². The highest BCUT2D eigenvalue weighted by Crippen LogP contribution is 2.19. The molecule has 1 aliphatic heterocycles. The van der Waals surface area contributed by atoms with Gasteiger partial charge < -0.3 is 4.90 Å². The number of piperazine rings is 1. The molecular formula is C19H22ClN3. The molecule has 0 N–H and O–H groups in total. The summed E-state index contributed by atoms with van der Waals surface area (Å²) in [5, 5.41) is 7.65. The van der Waals surface area contributed by atoms with Crippen LogP contribution in [0.4, 0.5) is 5.69 Å². The Morgan fingerprint density at radius 3 is 2.26 bits per heavy atom. The quantitative estimate of drug-likeness (QED) is 0.787. The number of aryl methyl sites for hydroxylation is 1. The molecule has 1 aliphatic rings. The maximum absolute atomic E-state index is 6.25. The maximum atomic E-state index is 6.25. The van der Waals surface area contributed by atoms with E-state index in [4.69, 9.17) is 16.7 Å². The Balaban J connectivity index is 1.64. The molecule has 0 atom stereocenters. The molecule has 4 heteroatoms. The van der Waals surface area contributed by atoms with E-state index in [1.54, 1.807) is 0 Å². The maximum Gasteiger partial charge on any atom is 0.0661 e. The van der Waals surface area contributed by atoms with Crippen molar-refractivity contribution in [2.75, 3.05) is 31.1 Å². The molecule has 0 amide bonds. The van der Waals surface area contributed by atoms with Crippen molar-refractivity contribution < 1.29 is 0 Å². The molecule has 2 aromatic rings. The monoisotopic (exact) mass is 327 g/mol. The lowest BCUT2D eigenvalue weighted by molar-refractivity contribution is 0.270. The smallest absolute Gasteiger partial charge is 0.0661 e. The molecule has 1 saturated heterocycles. The average molecular weight is 328 g/mol. The molecule has 0 saturated carbocycles. The van der Waals surface area contributed by atoms with Gasteiger partial charge in [0, 0.05) is 29.4 Å². The Bertz CT molecular complexity index is 686. The second-order valence-corrected chi connectivity index (χ2v) is 6.35. The van der Waals surface area contributed by atoms with E-state index in [2.05, 4.69) is 41.1 Å². The Kier molecular flexibility index (Phi) is 4.87. The van der Waals surface area contributed by atoms with Crippen LogP contribution in [-0.4, -0.2) is 36.9 Å². The first kappa shape index (κ1) is 15.9. The van der Waals surface area contributed by atoms with E-state index in [1.807, 2.05) is 31.2 Å². The number of hydrogen-bond acceptors (Lipinski definition) is 3. The molecule has 0 spiro atoms. The first-order valence-electron chi connectivity index (χ1n) is 8.00. The molecule has 0 aromatic heterocycles. The number of hydrogen-bond donors (Lipinski definition) is 0. The van der Waals surface area contributed by atoms with E-state index in [0.29, 0.717) is 0 Å². The number of benzene rings is 2. The Morgan fingerprint density at radius 2 is 1.61 bits per heavy atom. The molecular weight excluding hydrogens is 306 g/mol. The van der Waals surface area contributed by atoms with Crippen LogP contribution in [0.25, 0.3) is 0 Å². The first-order valence-corrected chi connectivity index (χ1v) is 8.38. The van der Waals surface area contributed by atoms with Crippen LogP contribution in [0.5, 0.6) is 0 Å². The van der Waals surface area contributed by atoms with Gasteiger partial charge in [-0.05, 0) is 32.0 Å². The summed E-state index contributed by atoms with van der Waals surface area (Å²) >= 11 is 6.25. The molecule has 3 rings (SSSR count). The third kappa shape index (κ3) is 3.85. The molecule has 3 nitrogen and oxygen atoms in total. The highest BCUT2D eigenvalue weighted by atomic mass is 35.5. The third-order valence-electron chi connectivity index (χ3n) is 4.21. The third-order valence-corrected chi connectivity index (χ3v) is 4.54. The van der Waals surface area contributed by atoms with Crippen LogP contribution in [0.1, 0.15) is 18.1 Å². The number of rotatable bonds is 3. The van der Waals surface area contributed by atoms with E-state index >= 15 is 0 Å². The molecule has 0 bridgehead atoms. The number of nitrogens with zero attached hydrogens (tertiary/aromatic N) is 3. The zero-order valence-corrected chi connectivity index (χ0v) is 14.4. The van der Waals surface area contributed by atoms with Gasteiger partial charge in [0.15, 0.2) is 0 Å². The van der Waals surface area contributed by atoms with E-state index in [9.17, 15) is 0 Å². The van der Waals surface area contributed by atoms with E-state index in [-0.39, 0.29) is 0 Å². The van der Waals surface area contributed by atoms with Gasteiger partial charge in [-0.3, -0.25) is 5.01 Å². The minimum Gasteiger partial charge on any atom is -0.368 e. The van der Waals surface area contributed by atoms with Crippen LogP contribution in [-0.2, 0) is 0 Å². The van der Waals surface area contributed by atoms with E-state index in [0.717, 1.165) is 42.5 Å². The predicted molar refractivity (Wildman–Crippen MR) is 98.6 cm³/mol. The summed E-state index contributed by atoms with van der Waals surface area (Å²) in [6.07, 6.45) is 0. The Morgan fingerprint density at radius 1 is 0.957 bits per heavy atom. The zero-order chi connectivity index (χ0) is 16.2. The molecule has 120 valence electrons. The summed E-state index contributed by atoms with van der Waals surface area (Å²) in [7, 11) is 0. The molecule has 2 aromatic carbocycles. The summed E-state index contributed by atoms with van der Waals surface area (Å²) < 4.78 is 0. The summed E-state index contributed by atoms with van der Waals surface area (Å²) in [5.74, 6) is 0. The second kappa shape index (κ2) is 7.05. The Labute approximate surface area is 143 Å². The molecule has 1 heterocycles. The van der Waals surface area contributed by atoms with Gasteiger partial charge in [0.1, 0.15) is 0 Å². The minimum absolute atomic E-state index is 0.757. The van der Waals surface area contributed by atoms with Gasteiger partial charge in [0.2, 0.25) is 0 Å². The van der Waals surface area contributed by atoms with Crippen LogP contribution < -0.4 is 4.90 Å². The van der Waals surface area contributed by atoms with Gasteiger partial charge in [-0.15, -0.1) is 0 Å². The van der Waals surface area contributed by atoms with Crippen molar-refractivity contribution >= 4 is 23.0 Å². The second-order valence-electron chi connectivity index (χ2n) is 5.94. The van der Waals surface area contributed by atoms with E-state index in [1.165, 1.54) is 11.3 Å². The van der Waals surface area contributed by atoms with Crippen molar-refractivity contribution in [2.24, 2.45) is 5.10 Å². The largest absolute Gasteiger partial charge is 0.368 e. The van der Waals surface area contributed by atoms with Crippen LogP contribution in [0, 0.1) is 6.92 Å². The number of hydrazone groups is 1. The van der Waals surface area contributed by atoms with Crippen molar-refractivity contribution in [3.63, 3.8) is 0 Å². The van der Waals surface area contributed by atoms with Gasteiger partial charge in [-0.2, -0.15) is 5.10 Å². The fourth-order valence-corrected chi connectivity index (χ4v) is 3.10.